The highest BCUT2D eigenvalue weighted by molar-refractivity contribution is 5.89. The van der Waals surface area contributed by atoms with E-state index in [1.807, 2.05) is 24.3 Å². The fraction of sp³-hybridized carbons (Fsp3) is 0.227. The zero-order valence-corrected chi connectivity index (χ0v) is 15.7. The molecule has 6 nitrogen and oxygen atoms in total. The van der Waals surface area contributed by atoms with Crippen molar-refractivity contribution in [3.8, 4) is 5.75 Å². The number of carbonyl (C=O) groups excluding carboxylic acids is 1. The second-order valence-corrected chi connectivity index (χ2v) is 7.27. The fourth-order valence-corrected chi connectivity index (χ4v) is 4.32. The van der Waals surface area contributed by atoms with Crippen LogP contribution in [0.15, 0.2) is 66.6 Å². The number of anilines is 1. The van der Waals surface area contributed by atoms with E-state index in [0.717, 1.165) is 16.8 Å². The monoisotopic (exact) mass is 390 g/mol. The number of ether oxygens (including phenoxy) is 1. The van der Waals surface area contributed by atoms with Crippen molar-refractivity contribution in [2.24, 2.45) is 5.92 Å². The van der Waals surface area contributed by atoms with Crippen LogP contribution in [0.3, 0.4) is 0 Å². The predicted octanol–water partition coefficient (Wildman–Crippen LogP) is 3.70. The fourth-order valence-electron chi connectivity index (χ4n) is 4.32. The lowest BCUT2D eigenvalue weighted by Crippen LogP contribution is -2.40. The number of nitrogens with one attached hydrogen (secondary N) is 1. The van der Waals surface area contributed by atoms with Gasteiger partial charge in [-0.2, -0.15) is 10.1 Å². The third-order valence-electron chi connectivity index (χ3n) is 5.65. The molecule has 3 atom stereocenters. The third-order valence-corrected chi connectivity index (χ3v) is 5.65. The average Bonchev–Trinajstić information content (AvgIpc) is 3.21. The lowest BCUT2D eigenvalue weighted by Gasteiger charge is -2.38. The number of hydrogen-bond donors (Lipinski definition) is 1. The van der Waals surface area contributed by atoms with Crippen LogP contribution in [0.2, 0.25) is 0 Å². The average molecular weight is 390 g/mol. The first-order valence-electron chi connectivity index (χ1n) is 9.45. The number of ketones is 1. The van der Waals surface area contributed by atoms with Crippen molar-refractivity contribution in [3.63, 3.8) is 0 Å². The summed E-state index contributed by atoms with van der Waals surface area (Å²) in [4.78, 5) is 17.6. The predicted molar refractivity (Wildman–Crippen MR) is 105 cm³/mol. The smallest absolute Gasteiger partial charge is 0.226 e. The van der Waals surface area contributed by atoms with Crippen LogP contribution < -0.4 is 10.1 Å². The summed E-state index contributed by atoms with van der Waals surface area (Å²) in [5.41, 5.74) is 2.59. The van der Waals surface area contributed by atoms with Gasteiger partial charge in [-0.25, -0.2) is 9.07 Å². The zero-order valence-electron chi connectivity index (χ0n) is 15.7. The molecule has 0 fully saturated rings. The quantitative estimate of drug-likeness (QED) is 0.739. The Kier molecular flexibility index (Phi) is 4.16. The van der Waals surface area contributed by atoms with Crippen molar-refractivity contribution < 1.29 is 13.9 Å². The van der Waals surface area contributed by atoms with Gasteiger partial charge >= 0.3 is 0 Å². The van der Waals surface area contributed by atoms with Crippen LogP contribution >= 0.6 is 0 Å². The van der Waals surface area contributed by atoms with Gasteiger partial charge < -0.3 is 10.1 Å². The van der Waals surface area contributed by atoms with Gasteiger partial charge in [0.2, 0.25) is 5.95 Å². The molecule has 2 aliphatic rings. The molecule has 0 saturated heterocycles. The van der Waals surface area contributed by atoms with Gasteiger partial charge in [0.15, 0.2) is 0 Å². The molecular weight excluding hydrogens is 371 g/mol. The standard InChI is InChI=1S/C22H19FN4O2/c1-29-19-5-3-2-4-16(19)21-20-17(26-22-24-12-25-27(21)22)10-14(11-18(20)28)13-6-8-15(23)9-7-13/h2-10,12,14,20-21H,11H2,1H3,(H,24,25,26)/t14-,20+,21+/m1/s1. The highest BCUT2D eigenvalue weighted by Gasteiger charge is 2.44. The van der Waals surface area contributed by atoms with Crippen LogP contribution in [0.4, 0.5) is 10.3 Å². The van der Waals surface area contributed by atoms with Crippen LogP contribution in [0.1, 0.15) is 29.5 Å². The van der Waals surface area contributed by atoms with Crippen molar-refractivity contribution in [2.75, 3.05) is 12.4 Å². The van der Waals surface area contributed by atoms with Crippen LogP contribution in [0.5, 0.6) is 5.75 Å². The van der Waals surface area contributed by atoms with Crippen molar-refractivity contribution >= 4 is 11.7 Å². The number of aromatic nitrogens is 3. The summed E-state index contributed by atoms with van der Waals surface area (Å²) < 4.78 is 20.6. The summed E-state index contributed by atoms with van der Waals surface area (Å²) >= 11 is 0. The highest BCUT2D eigenvalue weighted by Crippen LogP contribution is 2.45. The second kappa shape index (κ2) is 6.84. The van der Waals surface area contributed by atoms with E-state index in [-0.39, 0.29) is 23.6 Å². The third kappa shape index (κ3) is 2.90. The number of rotatable bonds is 3. The van der Waals surface area contributed by atoms with Gasteiger partial charge in [-0.3, -0.25) is 4.79 Å². The van der Waals surface area contributed by atoms with E-state index in [9.17, 15) is 9.18 Å². The Morgan fingerprint density at radius 3 is 2.76 bits per heavy atom. The van der Waals surface area contributed by atoms with E-state index in [4.69, 9.17) is 4.74 Å². The van der Waals surface area contributed by atoms with Gasteiger partial charge in [0.05, 0.1) is 19.1 Å². The molecule has 0 amide bonds. The summed E-state index contributed by atoms with van der Waals surface area (Å²) in [6.45, 7) is 0. The van der Waals surface area contributed by atoms with Gasteiger partial charge in [0.25, 0.3) is 0 Å². The van der Waals surface area contributed by atoms with Gasteiger partial charge in [-0.1, -0.05) is 36.4 Å². The summed E-state index contributed by atoms with van der Waals surface area (Å²) in [6, 6.07) is 13.6. The molecule has 1 N–H and O–H groups in total. The number of Topliss-reactive ketones (excluding diaryl/α,β-unsaturated/α-hetero) is 1. The number of halogens is 1. The normalized spacial score (nSPS) is 22.9. The maximum atomic E-state index is 13.3. The molecule has 3 aromatic rings. The van der Waals surface area contributed by atoms with Crippen LogP contribution in [0.25, 0.3) is 0 Å². The number of para-hydroxylation sites is 1. The molecule has 0 saturated carbocycles. The lowest BCUT2D eigenvalue weighted by atomic mass is 9.75. The first kappa shape index (κ1) is 17.6. The molecule has 2 heterocycles. The summed E-state index contributed by atoms with van der Waals surface area (Å²) in [7, 11) is 1.62. The molecule has 1 aliphatic carbocycles. The van der Waals surface area contributed by atoms with E-state index in [1.54, 1.807) is 23.9 Å². The Bertz CT molecular complexity index is 1110. The van der Waals surface area contributed by atoms with E-state index < -0.39 is 5.92 Å². The number of nitrogens with zero attached hydrogens (tertiary/aromatic N) is 3. The maximum absolute atomic E-state index is 13.3. The number of hydrogen-bond acceptors (Lipinski definition) is 5. The first-order chi connectivity index (χ1) is 14.2. The van der Waals surface area contributed by atoms with E-state index in [2.05, 4.69) is 21.5 Å². The van der Waals surface area contributed by atoms with Gasteiger partial charge in [0.1, 0.15) is 23.7 Å². The van der Waals surface area contributed by atoms with Crippen molar-refractivity contribution in [1.29, 1.82) is 0 Å². The first-order valence-corrected chi connectivity index (χ1v) is 9.45. The van der Waals surface area contributed by atoms with Crippen LogP contribution in [0, 0.1) is 11.7 Å². The minimum Gasteiger partial charge on any atom is -0.496 e. The number of allylic oxidation sites excluding steroid dienone is 2. The Hall–Kier alpha value is -3.48. The topological polar surface area (TPSA) is 69.0 Å². The molecule has 0 spiro atoms. The largest absolute Gasteiger partial charge is 0.496 e. The summed E-state index contributed by atoms with van der Waals surface area (Å²) in [6.07, 6.45) is 3.88. The molecule has 0 radical (unpaired) electrons. The molecule has 2 aromatic carbocycles. The Morgan fingerprint density at radius 1 is 1.17 bits per heavy atom. The SMILES string of the molecule is COc1ccccc1[C@H]1[C@@H]2C(=O)C[C@H](c3ccc(F)cc3)C=C2Nc2ncnn21. The van der Waals surface area contributed by atoms with Crippen molar-refractivity contribution in [2.45, 2.75) is 18.4 Å². The number of carbonyl (C=O) groups is 1. The molecule has 1 aliphatic heterocycles. The minimum atomic E-state index is -0.419. The molecule has 7 heteroatoms. The minimum absolute atomic E-state index is 0.0985. The summed E-state index contributed by atoms with van der Waals surface area (Å²) in [5.74, 6) is 0.555. The highest BCUT2D eigenvalue weighted by atomic mass is 19.1. The van der Waals surface area contributed by atoms with Crippen LogP contribution in [-0.2, 0) is 4.79 Å². The van der Waals surface area contributed by atoms with Crippen LogP contribution in [-0.4, -0.2) is 27.7 Å². The summed E-state index contributed by atoms with van der Waals surface area (Å²) in [5, 5.41) is 7.64. The molecule has 5 rings (SSSR count). The van der Waals surface area contributed by atoms with Crippen molar-refractivity contribution in [3.05, 3.63) is 83.6 Å². The number of benzene rings is 2. The molecule has 0 bridgehead atoms. The van der Waals surface area contributed by atoms with E-state index in [0.29, 0.717) is 18.1 Å². The maximum Gasteiger partial charge on any atom is 0.226 e. The Balaban J connectivity index is 1.62. The molecular formula is C22H19FN4O2. The molecule has 1 aromatic heterocycles. The second-order valence-electron chi connectivity index (χ2n) is 7.27. The number of methoxy groups -OCH3 is 1. The van der Waals surface area contributed by atoms with E-state index >= 15 is 0 Å². The lowest BCUT2D eigenvalue weighted by molar-refractivity contribution is -0.123. The van der Waals surface area contributed by atoms with Gasteiger partial charge in [-0.05, 0) is 23.8 Å². The molecule has 146 valence electrons. The van der Waals surface area contributed by atoms with Gasteiger partial charge in [-0.15, -0.1) is 0 Å². The zero-order chi connectivity index (χ0) is 20.0. The number of fused-ring (bicyclic) bond motifs is 2. The van der Waals surface area contributed by atoms with Gasteiger partial charge in [0, 0.05) is 23.6 Å². The van der Waals surface area contributed by atoms with E-state index in [1.165, 1.54) is 18.5 Å². The molecule has 0 unspecified atom stereocenters. The van der Waals surface area contributed by atoms with Crippen molar-refractivity contribution in [1.82, 2.24) is 14.8 Å². The Morgan fingerprint density at radius 2 is 1.97 bits per heavy atom. The Labute approximate surface area is 167 Å². The molecule has 29 heavy (non-hydrogen) atoms.